The Labute approximate surface area is 170 Å². The van der Waals surface area contributed by atoms with Gasteiger partial charge in [-0.15, -0.1) is 0 Å². The zero-order valence-corrected chi connectivity index (χ0v) is 18.6. The fourth-order valence-electron chi connectivity index (χ4n) is 3.53. The number of unbranched alkanes of at least 4 members (excludes halogenated alkanes) is 19. The van der Waals surface area contributed by atoms with Gasteiger partial charge in [0.25, 0.3) is 5.17 Å². The van der Waals surface area contributed by atoms with Crippen molar-refractivity contribution in [2.75, 3.05) is 6.61 Å². The van der Waals surface area contributed by atoms with Crippen LogP contribution in [0.1, 0.15) is 135 Å². The van der Waals surface area contributed by atoms with Gasteiger partial charge in [-0.2, -0.15) is 0 Å². The van der Waals surface area contributed by atoms with Gasteiger partial charge in [0.1, 0.15) is 0 Å². The number of rotatable bonds is 21. The third-order valence-electron chi connectivity index (χ3n) is 5.24. The van der Waals surface area contributed by atoms with Crippen molar-refractivity contribution in [3.63, 3.8) is 0 Å². The molecule has 2 N–H and O–H groups in total. The number of hydrogen-bond donors (Lipinski definition) is 1. The molecule has 0 aliphatic rings. The maximum Gasteiger partial charge on any atom is 0.253 e. The van der Waals surface area contributed by atoms with E-state index in [1.807, 2.05) is 0 Å². The van der Waals surface area contributed by atoms with Crippen LogP contribution in [0, 0.1) is 0 Å². The van der Waals surface area contributed by atoms with E-state index in [1.54, 1.807) is 0 Å². The lowest BCUT2D eigenvalue weighted by molar-refractivity contribution is 0.295. The standard InChI is InChI=1S/C23H47NOS/c1-2-3-4-5-6-7-8-9-10-11-12-13-14-15-16-17-18-19-20-21-22-25-23(24)26/h2-22H2,1H3,(H2,24,26). The highest BCUT2D eigenvalue weighted by atomic mass is 32.1. The van der Waals surface area contributed by atoms with E-state index < -0.39 is 0 Å². The summed E-state index contributed by atoms with van der Waals surface area (Å²) in [5.74, 6) is 0. The van der Waals surface area contributed by atoms with Gasteiger partial charge in [-0.25, -0.2) is 0 Å². The molecule has 2 nitrogen and oxygen atoms in total. The van der Waals surface area contributed by atoms with Gasteiger partial charge in [-0.1, -0.05) is 129 Å². The van der Waals surface area contributed by atoms with E-state index >= 15 is 0 Å². The van der Waals surface area contributed by atoms with Gasteiger partial charge >= 0.3 is 0 Å². The lowest BCUT2D eigenvalue weighted by Crippen LogP contribution is -2.13. The molecular formula is C23H47NOS. The van der Waals surface area contributed by atoms with Crippen molar-refractivity contribution in [3.8, 4) is 0 Å². The van der Waals surface area contributed by atoms with Crippen LogP contribution >= 0.6 is 12.2 Å². The predicted molar refractivity (Wildman–Crippen MR) is 121 cm³/mol. The highest BCUT2D eigenvalue weighted by molar-refractivity contribution is 7.80. The van der Waals surface area contributed by atoms with Gasteiger partial charge in [-0.3, -0.25) is 0 Å². The van der Waals surface area contributed by atoms with E-state index in [0.29, 0.717) is 6.61 Å². The third-order valence-corrected chi connectivity index (χ3v) is 5.36. The monoisotopic (exact) mass is 385 g/mol. The number of ether oxygens (including phenoxy) is 1. The molecule has 0 heterocycles. The Morgan fingerprint density at radius 2 is 0.808 bits per heavy atom. The van der Waals surface area contributed by atoms with Crippen LogP contribution in [0.2, 0.25) is 0 Å². The number of nitrogens with two attached hydrogens (primary N) is 1. The first kappa shape index (κ1) is 25.7. The van der Waals surface area contributed by atoms with Gasteiger partial charge in [0.15, 0.2) is 0 Å². The van der Waals surface area contributed by atoms with Gasteiger partial charge in [0.05, 0.1) is 6.61 Å². The summed E-state index contributed by atoms with van der Waals surface area (Å²) in [4.78, 5) is 0. The quantitative estimate of drug-likeness (QED) is 0.160. The molecule has 0 amide bonds. The summed E-state index contributed by atoms with van der Waals surface area (Å²) >= 11 is 4.68. The molecule has 0 aliphatic heterocycles. The normalized spacial score (nSPS) is 11.0. The van der Waals surface area contributed by atoms with Crippen molar-refractivity contribution in [1.82, 2.24) is 0 Å². The average Bonchev–Trinajstić information content (AvgIpc) is 2.62. The Kier molecular flexibility index (Phi) is 22.5. The molecule has 0 saturated carbocycles. The van der Waals surface area contributed by atoms with Crippen LogP contribution in [0.25, 0.3) is 0 Å². The van der Waals surface area contributed by atoms with E-state index in [2.05, 4.69) is 19.1 Å². The highest BCUT2D eigenvalue weighted by Crippen LogP contribution is 2.14. The Morgan fingerprint density at radius 3 is 1.08 bits per heavy atom. The summed E-state index contributed by atoms with van der Waals surface area (Å²) in [5, 5.41) is 0.183. The average molecular weight is 386 g/mol. The molecule has 26 heavy (non-hydrogen) atoms. The highest BCUT2D eigenvalue weighted by Gasteiger charge is 1.96. The van der Waals surface area contributed by atoms with Crippen LogP contribution in [0.5, 0.6) is 0 Å². The van der Waals surface area contributed by atoms with E-state index in [0.717, 1.165) is 6.42 Å². The fourth-order valence-corrected chi connectivity index (χ4v) is 3.61. The van der Waals surface area contributed by atoms with E-state index in [-0.39, 0.29) is 5.17 Å². The maximum absolute atomic E-state index is 5.29. The smallest absolute Gasteiger partial charge is 0.253 e. The first-order valence-electron chi connectivity index (χ1n) is 11.7. The molecule has 0 fully saturated rings. The molecule has 0 aromatic rings. The van der Waals surface area contributed by atoms with Crippen LogP contribution in [-0.4, -0.2) is 11.8 Å². The molecule has 0 atom stereocenters. The summed E-state index contributed by atoms with van der Waals surface area (Å²) in [6.45, 7) is 2.98. The topological polar surface area (TPSA) is 35.2 Å². The zero-order valence-electron chi connectivity index (χ0n) is 17.7. The summed E-state index contributed by atoms with van der Waals surface area (Å²) in [6, 6.07) is 0. The lowest BCUT2D eigenvalue weighted by Gasteiger charge is -2.04. The van der Waals surface area contributed by atoms with E-state index in [9.17, 15) is 0 Å². The Morgan fingerprint density at radius 1 is 0.538 bits per heavy atom. The van der Waals surface area contributed by atoms with Crippen molar-refractivity contribution >= 4 is 17.4 Å². The minimum Gasteiger partial charge on any atom is -0.471 e. The van der Waals surface area contributed by atoms with Crippen molar-refractivity contribution in [2.45, 2.75) is 135 Å². The van der Waals surface area contributed by atoms with Gasteiger partial charge in [-0.05, 0) is 18.6 Å². The lowest BCUT2D eigenvalue weighted by atomic mass is 10.0. The first-order valence-corrected chi connectivity index (χ1v) is 12.1. The van der Waals surface area contributed by atoms with Crippen molar-refractivity contribution in [1.29, 1.82) is 0 Å². The van der Waals surface area contributed by atoms with Crippen LogP contribution in [0.4, 0.5) is 0 Å². The minimum atomic E-state index is 0.183. The summed E-state index contributed by atoms with van der Waals surface area (Å²) in [6.07, 6.45) is 28.1. The Balaban J connectivity index is 2.98. The summed E-state index contributed by atoms with van der Waals surface area (Å²) < 4.78 is 5.09. The fraction of sp³-hybridized carbons (Fsp3) is 0.957. The predicted octanol–water partition coefficient (Wildman–Crippen LogP) is 8.07. The molecule has 0 bridgehead atoms. The van der Waals surface area contributed by atoms with Crippen molar-refractivity contribution < 1.29 is 4.74 Å². The molecular weight excluding hydrogens is 338 g/mol. The largest absolute Gasteiger partial charge is 0.471 e. The molecule has 3 heteroatoms. The Bertz CT molecular complexity index is 283. The van der Waals surface area contributed by atoms with Gasteiger partial charge in [0, 0.05) is 0 Å². The second-order valence-electron chi connectivity index (χ2n) is 7.89. The molecule has 0 aliphatic carbocycles. The molecule has 0 unspecified atom stereocenters. The van der Waals surface area contributed by atoms with Crippen molar-refractivity contribution in [2.24, 2.45) is 5.73 Å². The molecule has 0 radical (unpaired) electrons. The Hall–Kier alpha value is -0.310. The molecule has 0 rings (SSSR count). The molecule has 156 valence electrons. The summed E-state index contributed by atoms with van der Waals surface area (Å²) in [7, 11) is 0. The van der Waals surface area contributed by atoms with Gasteiger partial charge < -0.3 is 10.5 Å². The molecule has 0 spiro atoms. The van der Waals surface area contributed by atoms with Crippen molar-refractivity contribution in [3.05, 3.63) is 0 Å². The number of thiocarbonyl (C=S) groups is 1. The number of hydrogen-bond acceptors (Lipinski definition) is 2. The van der Waals surface area contributed by atoms with Crippen LogP contribution in [-0.2, 0) is 4.74 Å². The zero-order chi connectivity index (χ0) is 19.1. The second-order valence-corrected chi connectivity index (χ2v) is 8.29. The molecule has 0 aromatic carbocycles. The molecule has 0 saturated heterocycles. The molecule has 0 aromatic heterocycles. The van der Waals surface area contributed by atoms with E-state index in [4.69, 9.17) is 10.5 Å². The maximum atomic E-state index is 5.29. The van der Waals surface area contributed by atoms with Crippen LogP contribution < -0.4 is 5.73 Å². The van der Waals surface area contributed by atoms with E-state index in [1.165, 1.54) is 122 Å². The SMILES string of the molecule is CCCCCCCCCCCCCCCCCCCCCCOC(N)=S. The minimum absolute atomic E-state index is 0.183. The first-order chi connectivity index (χ1) is 12.8. The third kappa shape index (κ3) is 23.7. The van der Waals surface area contributed by atoms with Crippen LogP contribution in [0.15, 0.2) is 0 Å². The summed E-state index contributed by atoms with van der Waals surface area (Å²) in [5.41, 5.74) is 5.29. The van der Waals surface area contributed by atoms with Crippen LogP contribution in [0.3, 0.4) is 0 Å². The second kappa shape index (κ2) is 22.7. The van der Waals surface area contributed by atoms with Gasteiger partial charge in [0.2, 0.25) is 0 Å².